The first kappa shape index (κ1) is 10.9. The Kier molecular flexibility index (Phi) is 2.04. The Labute approximate surface area is 114 Å². The molecule has 1 aromatic heterocycles. The molecule has 94 valence electrons. The molecule has 0 radical (unpaired) electrons. The summed E-state index contributed by atoms with van der Waals surface area (Å²) in [6, 6.07) is 17.5. The SMILES string of the molecule is N#Cc1ccc2cc3oc4cccc(N)c4c3cc2c1. The topological polar surface area (TPSA) is 63.0 Å². The summed E-state index contributed by atoms with van der Waals surface area (Å²) >= 11 is 0. The average Bonchev–Trinajstić information content (AvgIpc) is 2.82. The van der Waals surface area contributed by atoms with E-state index in [-0.39, 0.29) is 0 Å². The van der Waals surface area contributed by atoms with Crippen LogP contribution in [0.1, 0.15) is 5.56 Å². The molecular weight excluding hydrogens is 248 g/mol. The van der Waals surface area contributed by atoms with Gasteiger partial charge in [0.15, 0.2) is 0 Å². The Morgan fingerprint density at radius 1 is 0.950 bits per heavy atom. The molecule has 4 rings (SSSR count). The fourth-order valence-electron chi connectivity index (χ4n) is 2.67. The van der Waals surface area contributed by atoms with Gasteiger partial charge < -0.3 is 10.2 Å². The number of hydrogen-bond donors (Lipinski definition) is 1. The van der Waals surface area contributed by atoms with Crippen LogP contribution in [0.4, 0.5) is 5.69 Å². The van der Waals surface area contributed by atoms with Gasteiger partial charge in [0.05, 0.1) is 17.0 Å². The zero-order valence-corrected chi connectivity index (χ0v) is 10.6. The van der Waals surface area contributed by atoms with Crippen LogP contribution in [0.5, 0.6) is 0 Å². The van der Waals surface area contributed by atoms with Gasteiger partial charge in [-0.3, -0.25) is 0 Å². The lowest BCUT2D eigenvalue weighted by Crippen LogP contribution is -1.84. The van der Waals surface area contributed by atoms with Crippen molar-refractivity contribution in [2.75, 3.05) is 5.73 Å². The second-order valence-corrected chi connectivity index (χ2v) is 4.84. The maximum Gasteiger partial charge on any atom is 0.137 e. The third-order valence-electron chi connectivity index (χ3n) is 3.62. The number of nitrogen functional groups attached to an aromatic ring is 1. The molecular formula is C17H10N2O. The molecule has 0 spiro atoms. The van der Waals surface area contributed by atoms with Gasteiger partial charge in [0.1, 0.15) is 11.2 Å². The number of hydrogen-bond acceptors (Lipinski definition) is 3. The molecule has 0 aliphatic rings. The predicted molar refractivity (Wildman–Crippen MR) is 80.4 cm³/mol. The van der Waals surface area contributed by atoms with Crippen LogP contribution >= 0.6 is 0 Å². The van der Waals surface area contributed by atoms with Crippen molar-refractivity contribution in [1.82, 2.24) is 0 Å². The van der Waals surface area contributed by atoms with Gasteiger partial charge in [0, 0.05) is 11.1 Å². The zero-order chi connectivity index (χ0) is 13.7. The van der Waals surface area contributed by atoms with E-state index in [1.165, 1.54) is 0 Å². The van der Waals surface area contributed by atoms with Crippen LogP contribution in [0.2, 0.25) is 0 Å². The molecule has 3 heteroatoms. The fourth-order valence-corrected chi connectivity index (χ4v) is 2.67. The van der Waals surface area contributed by atoms with Gasteiger partial charge in [-0.25, -0.2) is 0 Å². The van der Waals surface area contributed by atoms with Crippen LogP contribution in [0.3, 0.4) is 0 Å². The first-order valence-electron chi connectivity index (χ1n) is 6.31. The number of benzene rings is 3. The van der Waals surface area contributed by atoms with Crippen molar-refractivity contribution in [1.29, 1.82) is 5.26 Å². The van der Waals surface area contributed by atoms with Gasteiger partial charge in [-0.2, -0.15) is 5.26 Å². The van der Waals surface area contributed by atoms with Crippen LogP contribution in [0, 0.1) is 11.3 Å². The molecule has 2 N–H and O–H groups in total. The van der Waals surface area contributed by atoms with Gasteiger partial charge in [-0.15, -0.1) is 0 Å². The van der Waals surface area contributed by atoms with Crippen LogP contribution in [-0.2, 0) is 0 Å². The zero-order valence-electron chi connectivity index (χ0n) is 10.6. The highest BCUT2D eigenvalue weighted by Gasteiger charge is 2.10. The lowest BCUT2D eigenvalue weighted by molar-refractivity contribution is 0.669. The van der Waals surface area contributed by atoms with Crippen molar-refractivity contribution in [3.63, 3.8) is 0 Å². The van der Waals surface area contributed by atoms with Crippen LogP contribution in [-0.4, -0.2) is 0 Å². The molecule has 0 saturated heterocycles. The van der Waals surface area contributed by atoms with Gasteiger partial charge in [0.25, 0.3) is 0 Å². The van der Waals surface area contributed by atoms with Crippen molar-refractivity contribution in [2.24, 2.45) is 0 Å². The number of nitrogens with two attached hydrogens (primary N) is 1. The second kappa shape index (κ2) is 3.75. The number of nitrogens with zero attached hydrogens (tertiary/aromatic N) is 1. The number of anilines is 1. The van der Waals surface area contributed by atoms with Gasteiger partial charge in [-0.05, 0) is 47.2 Å². The first-order valence-corrected chi connectivity index (χ1v) is 6.31. The Hall–Kier alpha value is -2.99. The Morgan fingerprint density at radius 2 is 1.85 bits per heavy atom. The molecule has 0 aliphatic carbocycles. The molecule has 0 bridgehead atoms. The monoisotopic (exact) mass is 258 g/mol. The van der Waals surface area contributed by atoms with Crippen molar-refractivity contribution in [2.45, 2.75) is 0 Å². The van der Waals surface area contributed by atoms with Gasteiger partial charge >= 0.3 is 0 Å². The highest BCUT2D eigenvalue weighted by Crippen LogP contribution is 2.35. The summed E-state index contributed by atoms with van der Waals surface area (Å²) in [7, 11) is 0. The van der Waals surface area contributed by atoms with E-state index >= 15 is 0 Å². The van der Waals surface area contributed by atoms with Crippen LogP contribution in [0.25, 0.3) is 32.7 Å². The standard InChI is InChI=1S/C17H10N2O/c18-9-10-4-5-11-8-16-13(7-12(11)6-10)17-14(19)2-1-3-15(17)20-16/h1-8H,19H2. The molecule has 0 unspecified atom stereocenters. The van der Waals surface area contributed by atoms with Crippen molar-refractivity contribution >= 4 is 38.4 Å². The number of nitriles is 1. The Balaban J connectivity index is 2.21. The van der Waals surface area contributed by atoms with E-state index in [1.54, 1.807) is 0 Å². The molecule has 3 nitrogen and oxygen atoms in total. The summed E-state index contributed by atoms with van der Waals surface area (Å²) in [6.45, 7) is 0. The van der Waals surface area contributed by atoms with Crippen molar-refractivity contribution in [3.05, 3.63) is 54.1 Å². The number of furan rings is 1. The Morgan fingerprint density at radius 3 is 2.70 bits per heavy atom. The summed E-state index contributed by atoms with van der Waals surface area (Å²) in [6.07, 6.45) is 0. The normalized spacial score (nSPS) is 11.2. The highest BCUT2D eigenvalue weighted by molar-refractivity contribution is 6.14. The third-order valence-corrected chi connectivity index (χ3v) is 3.62. The minimum atomic E-state index is 0.651. The van der Waals surface area contributed by atoms with E-state index < -0.39 is 0 Å². The number of fused-ring (bicyclic) bond motifs is 4. The molecule has 20 heavy (non-hydrogen) atoms. The van der Waals surface area contributed by atoms with E-state index in [0.29, 0.717) is 11.3 Å². The van der Waals surface area contributed by atoms with Crippen LogP contribution in [0.15, 0.2) is 52.9 Å². The minimum Gasteiger partial charge on any atom is -0.456 e. The molecule has 0 aliphatic heterocycles. The first-order chi connectivity index (χ1) is 9.76. The second-order valence-electron chi connectivity index (χ2n) is 4.84. The maximum absolute atomic E-state index is 9.00. The third kappa shape index (κ3) is 1.39. The molecule has 3 aromatic carbocycles. The summed E-state index contributed by atoms with van der Waals surface area (Å²) < 4.78 is 5.85. The quantitative estimate of drug-likeness (QED) is 0.481. The Bertz CT molecular complexity index is 1020. The average molecular weight is 258 g/mol. The lowest BCUT2D eigenvalue weighted by atomic mass is 10.0. The van der Waals surface area contributed by atoms with E-state index in [1.807, 2.05) is 48.5 Å². The molecule has 0 amide bonds. The molecule has 4 aromatic rings. The molecule has 0 atom stereocenters. The summed E-state index contributed by atoms with van der Waals surface area (Å²) in [4.78, 5) is 0. The fraction of sp³-hybridized carbons (Fsp3) is 0. The largest absolute Gasteiger partial charge is 0.456 e. The molecule has 0 saturated carbocycles. The molecule has 0 fully saturated rings. The summed E-state index contributed by atoms with van der Waals surface area (Å²) in [5, 5.41) is 13.0. The van der Waals surface area contributed by atoms with Gasteiger partial charge in [0.2, 0.25) is 0 Å². The maximum atomic E-state index is 9.00. The highest BCUT2D eigenvalue weighted by atomic mass is 16.3. The minimum absolute atomic E-state index is 0.651. The van der Waals surface area contributed by atoms with Crippen molar-refractivity contribution < 1.29 is 4.42 Å². The van der Waals surface area contributed by atoms with E-state index in [9.17, 15) is 0 Å². The van der Waals surface area contributed by atoms with Crippen LogP contribution < -0.4 is 5.73 Å². The van der Waals surface area contributed by atoms with E-state index in [4.69, 9.17) is 15.4 Å². The summed E-state index contributed by atoms with van der Waals surface area (Å²) in [5.41, 5.74) is 9.01. The molecule has 1 heterocycles. The predicted octanol–water partition coefficient (Wildman–Crippen LogP) is 4.19. The number of rotatable bonds is 0. The van der Waals surface area contributed by atoms with E-state index in [2.05, 4.69) is 6.07 Å². The van der Waals surface area contributed by atoms with Crippen molar-refractivity contribution in [3.8, 4) is 6.07 Å². The van der Waals surface area contributed by atoms with E-state index in [0.717, 1.165) is 32.7 Å². The summed E-state index contributed by atoms with van der Waals surface area (Å²) in [5.74, 6) is 0. The lowest BCUT2D eigenvalue weighted by Gasteiger charge is -1.99. The smallest absolute Gasteiger partial charge is 0.137 e. The van der Waals surface area contributed by atoms with Gasteiger partial charge in [-0.1, -0.05) is 12.1 Å².